The molecule has 23 heavy (non-hydrogen) atoms. The Morgan fingerprint density at radius 1 is 1.35 bits per heavy atom. The first-order chi connectivity index (χ1) is 11.2. The number of benzene rings is 1. The molecule has 0 fully saturated rings. The lowest BCUT2D eigenvalue weighted by Crippen LogP contribution is -2.25. The second-order valence-electron chi connectivity index (χ2n) is 5.39. The van der Waals surface area contributed by atoms with Gasteiger partial charge in [0, 0.05) is 29.1 Å². The summed E-state index contributed by atoms with van der Waals surface area (Å²) in [4.78, 5) is 5.57. The third-order valence-electron chi connectivity index (χ3n) is 3.99. The molecule has 5 nitrogen and oxygen atoms in total. The van der Waals surface area contributed by atoms with E-state index >= 15 is 0 Å². The van der Waals surface area contributed by atoms with Gasteiger partial charge < -0.3 is 4.74 Å². The van der Waals surface area contributed by atoms with Gasteiger partial charge >= 0.3 is 0 Å². The molecule has 0 unspecified atom stereocenters. The second kappa shape index (κ2) is 6.14. The maximum atomic E-state index is 5.47. The van der Waals surface area contributed by atoms with Crippen LogP contribution in [0.15, 0.2) is 40.0 Å². The van der Waals surface area contributed by atoms with E-state index in [4.69, 9.17) is 4.74 Å². The fraction of sp³-hybridized carbons (Fsp3) is 0.250. The van der Waals surface area contributed by atoms with Crippen LogP contribution in [0.1, 0.15) is 11.1 Å². The molecule has 0 bridgehead atoms. The molecule has 0 atom stereocenters. The highest BCUT2D eigenvalue weighted by Crippen LogP contribution is 2.37. The normalized spacial score (nSPS) is 14.9. The van der Waals surface area contributed by atoms with E-state index in [0.717, 1.165) is 45.7 Å². The Morgan fingerprint density at radius 2 is 2.26 bits per heavy atom. The molecule has 1 aliphatic heterocycles. The zero-order chi connectivity index (χ0) is 15.8. The molecule has 0 spiro atoms. The number of aromatic nitrogens is 3. The third kappa shape index (κ3) is 2.84. The van der Waals surface area contributed by atoms with Crippen molar-refractivity contribution in [1.29, 1.82) is 0 Å². The zero-order valence-corrected chi connectivity index (χ0v) is 14.9. The standard InChI is InChI=1S/C16H15BrN4OS/c1-22-14-3-2-11(17)6-15(14)23-21-5-4-12-10(9-21)7-18-16-13(12)8-19-20-16/h2-3,6-8H,4-5,9H2,1H3,(H,18,19,20). The fourth-order valence-corrected chi connectivity index (χ4v) is 4.47. The third-order valence-corrected chi connectivity index (χ3v) is 5.57. The molecule has 3 aromatic rings. The molecule has 3 heterocycles. The minimum Gasteiger partial charge on any atom is -0.496 e. The van der Waals surface area contributed by atoms with Gasteiger partial charge in [0.15, 0.2) is 5.65 Å². The van der Waals surface area contributed by atoms with Gasteiger partial charge in [0.2, 0.25) is 0 Å². The van der Waals surface area contributed by atoms with Crippen molar-refractivity contribution in [1.82, 2.24) is 19.5 Å². The van der Waals surface area contributed by atoms with Crippen LogP contribution in [0.4, 0.5) is 0 Å². The summed E-state index contributed by atoms with van der Waals surface area (Å²) in [6.07, 6.45) is 4.83. The Labute approximate surface area is 146 Å². The molecular formula is C16H15BrN4OS. The molecule has 1 aliphatic rings. The highest BCUT2D eigenvalue weighted by atomic mass is 79.9. The van der Waals surface area contributed by atoms with Gasteiger partial charge in [0.1, 0.15) is 5.75 Å². The van der Waals surface area contributed by atoms with Crippen LogP contribution in [0.3, 0.4) is 0 Å². The Bertz CT molecular complexity index is 866. The average Bonchev–Trinajstić information content (AvgIpc) is 3.04. The predicted molar refractivity (Wildman–Crippen MR) is 94.6 cm³/mol. The fourth-order valence-electron chi connectivity index (χ4n) is 2.87. The van der Waals surface area contributed by atoms with Crippen molar-refractivity contribution >= 4 is 38.9 Å². The lowest BCUT2D eigenvalue weighted by molar-refractivity contribution is 0.401. The number of H-pyrrole nitrogens is 1. The second-order valence-corrected chi connectivity index (χ2v) is 7.45. The van der Waals surface area contributed by atoms with E-state index < -0.39 is 0 Å². The SMILES string of the molecule is COc1ccc(Br)cc1SN1CCc2c(cnc3[nH]ncc23)C1. The smallest absolute Gasteiger partial charge is 0.155 e. The molecule has 0 saturated heterocycles. The van der Waals surface area contributed by atoms with Crippen molar-refractivity contribution in [3.8, 4) is 5.75 Å². The number of halogens is 1. The van der Waals surface area contributed by atoms with Crippen LogP contribution in [-0.2, 0) is 13.0 Å². The number of ether oxygens (including phenoxy) is 1. The predicted octanol–water partition coefficient (Wildman–Crippen LogP) is 3.79. The van der Waals surface area contributed by atoms with Crippen LogP contribution in [0.2, 0.25) is 0 Å². The molecular weight excluding hydrogens is 376 g/mol. The van der Waals surface area contributed by atoms with Gasteiger partial charge in [-0.15, -0.1) is 0 Å². The average molecular weight is 391 g/mol. The summed E-state index contributed by atoms with van der Waals surface area (Å²) in [6.45, 7) is 1.85. The van der Waals surface area contributed by atoms with E-state index in [2.05, 4.69) is 41.5 Å². The monoisotopic (exact) mass is 390 g/mol. The summed E-state index contributed by atoms with van der Waals surface area (Å²) < 4.78 is 8.87. The maximum absolute atomic E-state index is 5.47. The number of hydrogen-bond acceptors (Lipinski definition) is 5. The number of hydrogen-bond donors (Lipinski definition) is 1. The van der Waals surface area contributed by atoms with E-state index in [1.807, 2.05) is 24.5 Å². The molecule has 2 aromatic heterocycles. The van der Waals surface area contributed by atoms with E-state index in [-0.39, 0.29) is 0 Å². The molecule has 0 saturated carbocycles. The highest BCUT2D eigenvalue weighted by Gasteiger charge is 2.21. The minimum atomic E-state index is 0.865. The zero-order valence-electron chi connectivity index (χ0n) is 12.5. The van der Waals surface area contributed by atoms with Crippen molar-refractivity contribution in [2.45, 2.75) is 17.9 Å². The Kier molecular flexibility index (Phi) is 4.00. The summed E-state index contributed by atoms with van der Waals surface area (Å²) in [6, 6.07) is 6.07. The molecule has 7 heteroatoms. The largest absolute Gasteiger partial charge is 0.496 e. The Morgan fingerprint density at radius 3 is 3.13 bits per heavy atom. The summed E-state index contributed by atoms with van der Waals surface area (Å²) >= 11 is 5.26. The number of rotatable bonds is 3. The van der Waals surface area contributed by atoms with Crippen LogP contribution in [0.5, 0.6) is 5.75 Å². The van der Waals surface area contributed by atoms with Crippen LogP contribution in [0, 0.1) is 0 Å². The molecule has 118 valence electrons. The molecule has 0 amide bonds. The molecule has 4 rings (SSSR count). The number of fused-ring (bicyclic) bond motifs is 3. The van der Waals surface area contributed by atoms with Crippen LogP contribution in [-0.4, -0.2) is 33.1 Å². The van der Waals surface area contributed by atoms with Crippen molar-refractivity contribution < 1.29 is 4.74 Å². The van der Waals surface area contributed by atoms with Gasteiger partial charge in [-0.25, -0.2) is 9.29 Å². The summed E-state index contributed by atoms with van der Waals surface area (Å²) in [5.74, 6) is 0.896. The summed E-state index contributed by atoms with van der Waals surface area (Å²) in [5, 5.41) is 8.19. The van der Waals surface area contributed by atoms with Gasteiger partial charge in [-0.05, 0) is 47.7 Å². The first-order valence-electron chi connectivity index (χ1n) is 7.31. The van der Waals surface area contributed by atoms with E-state index in [0.29, 0.717) is 0 Å². The van der Waals surface area contributed by atoms with Crippen LogP contribution >= 0.6 is 27.9 Å². The van der Waals surface area contributed by atoms with Crippen LogP contribution < -0.4 is 4.74 Å². The first kappa shape index (κ1) is 15.0. The highest BCUT2D eigenvalue weighted by molar-refractivity contribution is 9.10. The quantitative estimate of drug-likeness (QED) is 0.689. The van der Waals surface area contributed by atoms with Gasteiger partial charge in [0.25, 0.3) is 0 Å². The van der Waals surface area contributed by atoms with E-state index in [1.165, 1.54) is 11.1 Å². The number of nitrogens with one attached hydrogen (secondary N) is 1. The van der Waals surface area contributed by atoms with Crippen molar-refractivity contribution in [3.63, 3.8) is 0 Å². The molecule has 0 radical (unpaired) electrons. The number of nitrogens with zero attached hydrogens (tertiary/aromatic N) is 3. The molecule has 1 aromatic carbocycles. The summed E-state index contributed by atoms with van der Waals surface area (Å²) in [7, 11) is 1.71. The van der Waals surface area contributed by atoms with E-state index in [9.17, 15) is 0 Å². The topological polar surface area (TPSA) is 54.0 Å². The van der Waals surface area contributed by atoms with Gasteiger partial charge in [-0.3, -0.25) is 5.10 Å². The van der Waals surface area contributed by atoms with Gasteiger partial charge in [-0.2, -0.15) is 5.10 Å². The Balaban J connectivity index is 1.60. The van der Waals surface area contributed by atoms with Crippen LogP contribution in [0.25, 0.3) is 11.0 Å². The first-order valence-corrected chi connectivity index (χ1v) is 8.87. The number of pyridine rings is 1. The number of methoxy groups -OCH3 is 1. The summed E-state index contributed by atoms with van der Waals surface area (Å²) in [5.41, 5.74) is 3.51. The lowest BCUT2D eigenvalue weighted by Gasteiger charge is -2.28. The van der Waals surface area contributed by atoms with Crippen molar-refractivity contribution in [2.75, 3.05) is 13.7 Å². The minimum absolute atomic E-state index is 0.865. The number of aromatic amines is 1. The Hall–Kier alpha value is -1.57. The lowest BCUT2D eigenvalue weighted by atomic mass is 10.0. The van der Waals surface area contributed by atoms with Crippen molar-refractivity contribution in [2.24, 2.45) is 0 Å². The van der Waals surface area contributed by atoms with E-state index in [1.54, 1.807) is 19.1 Å². The van der Waals surface area contributed by atoms with Gasteiger partial charge in [0.05, 0.1) is 18.2 Å². The molecule has 0 aliphatic carbocycles. The maximum Gasteiger partial charge on any atom is 0.155 e. The van der Waals surface area contributed by atoms with Gasteiger partial charge in [-0.1, -0.05) is 15.9 Å². The van der Waals surface area contributed by atoms with Crippen molar-refractivity contribution in [3.05, 3.63) is 46.2 Å². The molecule has 1 N–H and O–H groups in total.